The lowest BCUT2D eigenvalue weighted by Crippen LogP contribution is -2.18. The van der Waals surface area contributed by atoms with Crippen LogP contribution in [0.25, 0.3) is 0 Å². The van der Waals surface area contributed by atoms with Gasteiger partial charge in [0.2, 0.25) is 5.91 Å². The lowest BCUT2D eigenvalue weighted by atomic mass is 9.87. The Hall–Kier alpha value is -2.54. The third-order valence-electron chi connectivity index (χ3n) is 4.21. The molecule has 0 fully saturated rings. The average Bonchev–Trinajstić information content (AvgIpc) is 2.65. The van der Waals surface area contributed by atoms with Crippen molar-refractivity contribution in [1.82, 2.24) is 5.43 Å². The molecule has 7 heteroatoms. The Morgan fingerprint density at radius 1 is 1.21 bits per heavy atom. The van der Waals surface area contributed by atoms with Gasteiger partial charge in [0.1, 0.15) is 5.75 Å². The first kappa shape index (κ1) is 22.7. The lowest BCUT2D eigenvalue weighted by Gasteiger charge is -2.20. The molecule has 29 heavy (non-hydrogen) atoms. The minimum Gasteiger partial charge on any atom is -0.504 e. The van der Waals surface area contributed by atoms with Crippen molar-refractivity contribution in [3.05, 3.63) is 52.0 Å². The summed E-state index contributed by atoms with van der Waals surface area (Å²) in [4.78, 5) is 11.9. The van der Waals surface area contributed by atoms with Crippen LogP contribution in [0, 0.1) is 0 Å². The standard InChI is InChI=1S/C22H27BrN2O4/c1-22(2,3)16-8-10-19(17(23)13-16)29-11-5-6-21(27)25-24-14-15-7-9-20(28-4)18(26)12-15/h7-10,12-14,26H,5-6,11H2,1-4H3,(H,25,27)/b24-14+. The van der Waals surface area contributed by atoms with E-state index in [1.54, 1.807) is 12.1 Å². The fourth-order valence-electron chi connectivity index (χ4n) is 2.52. The average molecular weight is 463 g/mol. The van der Waals surface area contributed by atoms with Crippen molar-refractivity contribution in [3.63, 3.8) is 0 Å². The van der Waals surface area contributed by atoms with Crippen molar-refractivity contribution < 1.29 is 19.4 Å². The zero-order valence-corrected chi connectivity index (χ0v) is 18.7. The minimum atomic E-state index is -0.204. The van der Waals surface area contributed by atoms with Crippen LogP contribution in [0.2, 0.25) is 0 Å². The summed E-state index contributed by atoms with van der Waals surface area (Å²) in [6, 6.07) is 10.9. The maximum absolute atomic E-state index is 11.9. The first-order chi connectivity index (χ1) is 13.7. The topological polar surface area (TPSA) is 80.2 Å². The number of carbonyl (C=O) groups excluding carboxylic acids is 1. The number of carbonyl (C=O) groups is 1. The fraction of sp³-hybridized carbons (Fsp3) is 0.364. The Bertz CT molecular complexity index is 876. The van der Waals surface area contributed by atoms with Crippen LogP contribution in [0.4, 0.5) is 0 Å². The third kappa shape index (κ3) is 7.09. The van der Waals surface area contributed by atoms with Gasteiger partial charge in [-0.25, -0.2) is 5.43 Å². The molecule has 2 aromatic carbocycles. The van der Waals surface area contributed by atoms with Gasteiger partial charge in [-0.1, -0.05) is 26.8 Å². The van der Waals surface area contributed by atoms with Crippen LogP contribution >= 0.6 is 15.9 Å². The normalized spacial score (nSPS) is 11.5. The summed E-state index contributed by atoms with van der Waals surface area (Å²) in [6.07, 6.45) is 2.32. The Morgan fingerprint density at radius 2 is 1.93 bits per heavy atom. The molecule has 2 N–H and O–H groups in total. The Balaban J connectivity index is 1.74. The van der Waals surface area contributed by atoms with Gasteiger partial charge in [-0.15, -0.1) is 0 Å². The highest BCUT2D eigenvalue weighted by atomic mass is 79.9. The van der Waals surface area contributed by atoms with Gasteiger partial charge in [-0.2, -0.15) is 5.10 Å². The van der Waals surface area contributed by atoms with Gasteiger partial charge >= 0.3 is 0 Å². The van der Waals surface area contributed by atoms with Gasteiger partial charge in [0.25, 0.3) is 0 Å². The molecule has 6 nitrogen and oxygen atoms in total. The molecule has 0 saturated heterocycles. The van der Waals surface area contributed by atoms with Crippen LogP contribution in [0.3, 0.4) is 0 Å². The highest BCUT2D eigenvalue weighted by Gasteiger charge is 2.15. The predicted molar refractivity (Wildman–Crippen MR) is 118 cm³/mol. The molecule has 0 saturated carbocycles. The molecular weight excluding hydrogens is 436 g/mol. The SMILES string of the molecule is COc1ccc(/C=N/NC(=O)CCCOc2ccc(C(C)(C)C)cc2Br)cc1O. The second kappa shape index (κ2) is 10.3. The Labute approximate surface area is 180 Å². The molecule has 2 rings (SSSR count). The van der Waals surface area contributed by atoms with Crippen molar-refractivity contribution in [2.75, 3.05) is 13.7 Å². The lowest BCUT2D eigenvalue weighted by molar-refractivity contribution is -0.121. The maximum Gasteiger partial charge on any atom is 0.240 e. The molecule has 0 aromatic heterocycles. The molecule has 156 valence electrons. The van der Waals surface area contributed by atoms with Crippen LogP contribution in [0.1, 0.15) is 44.7 Å². The van der Waals surface area contributed by atoms with Crippen molar-refractivity contribution >= 4 is 28.1 Å². The largest absolute Gasteiger partial charge is 0.504 e. The Morgan fingerprint density at radius 3 is 2.55 bits per heavy atom. The van der Waals surface area contributed by atoms with E-state index in [1.165, 1.54) is 25.0 Å². The molecule has 1 amide bonds. The number of ether oxygens (including phenoxy) is 2. The van der Waals surface area contributed by atoms with Crippen molar-refractivity contribution in [3.8, 4) is 17.2 Å². The first-order valence-electron chi connectivity index (χ1n) is 9.32. The van der Waals surface area contributed by atoms with E-state index in [2.05, 4.69) is 59.4 Å². The molecule has 0 aliphatic heterocycles. The quantitative estimate of drug-likeness (QED) is 0.336. The first-order valence-corrected chi connectivity index (χ1v) is 10.1. The number of methoxy groups -OCH3 is 1. The number of nitrogens with one attached hydrogen (secondary N) is 1. The van der Waals surface area contributed by atoms with Gasteiger partial charge in [-0.3, -0.25) is 4.79 Å². The zero-order chi connectivity index (χ0) is 21.4. The number of rotatable bonds is 8. The number of amides is 1. The van der Waals surface area contributed by atoms with E-state index in [-0.39, 0.29) is 17.1 Å². The number of hydrogen-bond donors (Lipinski definition) is 2. The second-order valence-electron chi connectivity index (χ2n) is 7.57. The van der Waals surface area contributed by atoms with Gasteiger partial charge in [0, 0.05) is 6.42 Å². The maximum atomic E-state index is 11.9. The number of halogens is 1. The van der Waals surface area contributed by atoms with Gasteiger partial charge in [0.05, 0.1) is 24.4 Å². The summed E-state index contributed by atoms with van der Waals surface area (Å²) >= 11 is 3.54. The monoisotopic (exact) mass is 462 g/mol. The van der Waals surface area contributed by atoms with E-state index in [9.17, 15) is 9.90 Å². The summed E-state index contributed by atoms with van der Waals surface area (Å²) in [6.45, 7) is 6.91. The number of phenols is 1. The van der Waals surface area contributed by atoms with Gasteiger partial charge < -0.3 is 14.6 Å². The molecule has 2 aromatic rings. The molecule has 0 spiro atoms. The number of nitrogens with zero attached hydrogens (tertiary/aromatic N) is 1. The van der Waals surface area contributed by atoms with Crippen LogP contribution < -0.4 is 14.9 Å². The second-order valence-corrected chi connectivity index (χ2v) is 8.43. The molecule has 0 atom stereocenters. The molecular formula is C22H27BrN2O4. The summed E-state index contributed by atoms with van der Waals surface area (Å²) in [5.74, 6) is 0.952. The van der Waals surface area contributed by atoms with E-state index < -0.39 is 0 Å². The van der Waals surface area contributed by atoms with Crippen molar-refractivity contribution in [2.45, 2.75) is 39.0 Å². The predicted octanol–water partition coefficient (Wildman–Crippen LogP) is 4.77. The third-order valence-corrected chi connectivity index (χ3v) is 4.83. The van der Waals surface area contributed by atoms with E-state index >= 15 is 0 Å². The van der Waals surface area contributed by atoms with Crippen molar-refractivity contribution in [1.29, 1.82) is 0 Å². The molecule has 0 aliphatic rings. The van der Waals surface area contributed by atoms with Crippen LogP contribution in [0.15, 0.2) is 46.0 Å². The van der Waals surface area contributed by atoms with E-state index in [4.69, 9.17) is 9.47 Å². The molecule has 0 radical (unpaired) electrons. The number of aromatic hydroxyl groups is 1. The number of hydrazone groups is 1. The summed E-state index contributed by atoms with van der Waals surface area (Å²) in [5.41, 5.74) is 4.41. The van der Waals surface area contributed by atoms with Gasteiger partial charge in [0.15, 0.2) is 11.5 Å². The Kier molecular flexibility index (Phi) is 8.08. The fourth-order valence-corrected chi connectivity index (χ4v) is 3.01. The van der Waals surface area contributed by atoms with E-state index in [0.717, 1.165) is 10.2 Å². The molecule has 0 bridgehead atoms. The van der Waals surface area contributed by atoms with Gasteiger partial charge in [-0.05, 0) is 69.2 Å². The smallest absolute Gasteiger partial charge is 0.240 e. The van der Waals surface area contributed by atoms with E-state index in [1.807, 2.05) is 6.07 Å². The summed E-state index contributed by atoms with van der Waals surface area (Å²) in [5, 5.41) is 13.6. The molecule has 0 unspecified atom stereocenters. The minimum absolute atomic E-state index is 0.0154. The van der Waals surface area contributed by atoms with Crippen LogP contribution in [-0.2, 0) is 10.2 Å². The number of benzene rings is 2. The number of hydrogen-bond acceptors (Lipinski definition) is 5. The van der Waals surface area contributed by atoms with Crippen LogP contribution in [-0.4, -0.2) is 30.9 Å². The van der Waals surface area contributed by atoms with Crippen LogP contribution in [0.5, 0.6) is 17.2 Å². The zero-order valence-electron chi connectivity index (χ0n) is 17.2. The summed E-state index contributed by atoms with van der Waals surface area (Å²) in [7, 11) is 1.48. The number of phenolic OH excluding ortho intramolecular Hbond substituents is 1. The molecule has 0 heterocycles. The highest BCUT2D eigenvalue weighted by Crippen LogP contribution is 2.31. The molecule has 0 aliphatic carbocycles. The summed E-state index contributed by atoms with van der Waals surface area (Å²) < 4.78 is 11.6. The highest BCUT2D eigenvalue weighted by molar-refractivity contribution is 9.10. The van der Waals surface area contributed by atoms with Crippen molar-refractivity contribution in [2.24, 2.45) is 5.10 Å². The van der Waals surface area contributed by atoms with E-state index in [0.29, 0.717) is 30.8 Å².